The van der Waals surface area contributed by atoms with E-state index >= 15 is 0 Å². The maximum absolute atomic E-state index is 8.52. The Labute approximate surface area is 86.0 Å². The Kier molecular flexibility index (Phi) is 36.4. The van der Waals surface area contributed by atoms with Crippen molar-refractivity contribution in [1.29, 1.82) is 0 Å². The van der Waals surface area contributed by atoms with Crippen LogP contribution < -0.4 is 19.2 Å². The molecule has 0 aromatic rings. The smallest absolute Gasteiger partial charge is 0.672 e. The van der Waals surface area contributed by atoms with E-state index in [-0.39, 0.29) is 39.7 Å². The van der Waals surface area contributed by atoms with E-state index in [0.717, 1.165) is 0 Å². The second kappa shape index (κ2) is 16.2. The van der Waals surface area contributed by atoms with Crippen LogP contribution in [-0.2, 0) is 31.3 Å². The maximum Gasteiger partial charge on any atom is 1.00 e. The molecule has 0 heterocycles. The molecule has 10 heavy (non-hydrogen) atoms. The minimum Gasteiger partial charge on any atom is -0.672 e. The van der Waals surface area contributed by atoms with Crippen molar-refractivity contribution in [2.24, 2.45) is 0 Å². The summed E-state index contributed by atoms with van der Waals surface area (Å²) < 4.78 is 17.0. The third kappa shape index (κ3) is 1870. The first-order valence-corrected chi connectivity index (χ1v) is 3.67. The first-order chi connectivity index (χ1) is 3.46. The van der Waals surface area contributed by atoms with Crippen LogP contribution in [0.4, 0.5) is 0 Å². The molecule has 61 valence electrons. The fraction of sp³-hybridized carbons (Fsp3) is 0. The summed E-state index contributed by atoms with van der Waals surface area (Å²) in [5.74, 6) is 0. The summed E-state index contributed by atoms with van der Waals surface area (Å²) in [6.45, 7) is 0. The Morgan fingerprint density at radius 2 is 0.800 bits per heavy atom. The van der Waals surface area contributed by atoms with Crippen molar-refractivity contribution < 1.29 is 50.5 Å². The summed E-state index contributed by atoms with van der Waals surface area (Å²) in [4.78, 5) is 34.1. The van der Waals surface area contributed by atoms with Crippen molar-refractivity contribution in [3.05, 3.63) is 0 Å². The molecule has 0 unspecified atom stereocenters. The average Bonchev–Trinajstić information content (AvgIpc) is 1.25. The molecule has 0 aliphatic heterocycles. The van der Waals surface area contributed by atoms with Gasteiger partial charge in [-0.25, -0.2) is 0 Å². The van der Waals surface area contributed by atoms with Crippen molar-refractivity contribution >= 4 is 35.7 Å². The normalized spacial score (nSPS) is 4.80. The van der Waals surface area contributed by atoms with Gasteiger partial charge in [0, 0.05) is 35.7 Å². The Morgan fingerprint density at radius 1 is 0.800 bits per heavy atom. The largest absolute Gasteiger partial charge is 1.00 e. The van der Waals surface area contributed by atoms with Crippen molar-refractivity contribution in [2.75, 3.05) is 0 Å². The van der Waals surface area contributed by atoms with Gasteiger partial charge in [0.2, 0.25) is 0 Å². The van der Waals surface area contributed by atoms with Crippen LogP contribution in [0.5, 0.6) is 0 Å². The van der Waals surface area contributed by atoms with E-state index in [1.54, 1.807) is 0 Å². The van der Waals surface area contributed by atoms with Crippen molar-refractivity contribution in [2.45, 2.75) is 0 Å². The molecular weight excluding hydrogens is 287 g/mol. The summed E-state index contributed by atoms with van der Waals surface area (Å²) in [7, 11) is -7.26. The van der Waals surface area contributed by atoms with Gasteiger partial charge in [-0.2, -0.15) is 0 Å². The zero-order valence-electron chi connectivity index (χ0n) is 4.33. The van der Waals surface area contributed by atoms with Gasteiger partial charge in [-0.3, -0.25) is 0 Å². The van der Waals surface area contributed by atoms with Crippen LogP contribution in [0.25, 0.3) is 0 Å². The predicted molar refractivity (Wildman–Crippen MR) is 18.6 cm³/mol. The van der Waals surface area contributed by atoms with Gasteiger partial charge in [0.1, 0.15) is 0 Å². The molecule has 0 aromatic carbocycles. The van der Waals surface area contributed by atoms with Gasteiger partial charge in [0.15, 0.2) is 0 Å². The first-order valence-electron chi connectivity index (χ1n) is 1.22. The Bertz CT molecular complexity index is 73.7. The third-order valence-electron chi connectivity index (χ3n) is 0. The molecule has 0 spiro atoms. The van der Waals surface area contributed by atoms with E-state index in [1.807, 2.05) is 0 Å². The van der Waals surface area contributed by atoms with Crippen LogP contribution in [0.3, 0.4) is 0 Å². The Balaban J connectivity index is -0.0000000300. The summed E-state index contributed by atoms with van der Waals surface area (Å²) in [5.41, 5.74) is 0. The number of rotatable bonds is 0. The molecule has 0 N–H and O–H groups in total. The number of hydrogen-bond acceptors (Lipinski definition) is 6. The molecule has 0 aliphatic rings. The van der Waals surface area contributed by atoms with E-state index in [2.05, 4.69) is 0 Å². The van der Waals surface area contributed by atoms with Gasteiger partial charge in [-0.15, -0.1) is 0 Å². The zero-order chi connectivity index (χ0) is 7.15. The van der Waals surface area contributed by atoms with Crippen LogP contribution in [0, 0.1) is 0 Å². The molecule has 0 atom stereocenters. The van der Waals surface area contributed by atoms with Crippen molar-refractivity contribution in [1.82, 2.24) is 0 Å². The molecule has 10 heteroatoms. The SMILES string of the molecule is O=[Si]([O-])[O-].O=[Si]([O-])[O-].[Ag+].[Al]. The number of hydrogen-bond donors (Lipinski definition) is 0. The van der Waals surface area contributed by atoms with E-state index in [0.29, 0.717) is 0 Å². The molecule has 0 amide bonds. The van der Waals surface area contributed by atoms with E-state index in [4.69, 9.17) is 28.1 Å². The second-order valence-corrected chi connectivity index (χ2v) is 1.50. The van der Waals surface area contributed by atoms with Crippen LogP contribution in [-0.4, -0.2) is 35.7 Å². The fourth-order valence-corrected chi connectivity index (χ4v) is 0. The summed E-state index contributed by atoms with van der Waals surface area (Å²) in [6.07, 6.45) is 0. The Hall–Kier alpha value is 0.506. The molecule has 0 saturated heterocycles. The van der Waals surface area contributed by atoms with Gasteiger partial charge in [-0.05, 0) is 0 Å². The van der Waals surface area contributed by atoms with E-state index < -0.39 is 18.3 Å². The van der Waals surface area contributed by atoms with E-state index in [1.165, 1.54) is 0 Å². The predicted octanol–water partition coefficient (Wildman–Crippen LogP) is -6.14. The van der Waals surface area contributed by atoms with Crippen molar-refractivity contribution in [3.63, 3.8) is 0 Å². The molecular formula is AgAlO6Si2-3. The van der Waals surface area contributed by atoms with Crippen LogP contribution in [0.2, 0.25) is 0 Å². The second-order valence-electron chi connectivity index (χ2n) is 0.500. The van der Waals surface area contributed by atoms with Gasteiger partial charge >= 0.3 is 22.4 Å². The van der Waals surface area contributed by atoms with Crippen LogP contribution in [0.1, 0.15) is 0 Å². The first kappa shape index (κ1) is 22.4. The van der Waals surface area contributed by atoms with Crippen LogP contribution in [0.15, 0.2) is 0 Å². The van der Waals surface area contributed by atoms with Gasteiger partial charge in [0.05, 0.1) is 0 Å². The summed E-state index contributed by atoms with van der Waals surface area (Å²) in [6, 6.07) is 0. The van der Waals surface area contributed by atoms with Gasteiger partial charge < -0.3 is 28.1 Å². The quantitative estimate of drug-likeness (QED) is 0.408. The van der Waals surface area contributed by atoms with E-state index in [9.17, 15) is 0 Å². The maximum atomic E-state index is 8.52. The van der Waals surface area contributed by atoms with Crippen molar-refractivity contribution in [3.8, 4) is 0 Å². The molecule has 0 aromatic heterocycles. The van der Waals surface area contributed by atoms with Crippen LogP contribution >= 0.6 is 0 Å². The molecule has 3 radical (unpaired) electrons. The standard InChI is InChI=1S/Ag.Al.2O3Si/c;;2*1-4(2)3/q+1;;2*-2. The molecule has 0 rings (SSSR count). The molecule has 0 saturated carbocycles. The minimum atomic E-state index is -3.63. The topological polar surface area (TPSA) is 126 Å². The zero-order valence-corrected chi connectivity index (χ0v) is 8.97. The minimum absolute atomic E-state index is 0. The third-order valence-corrected chi connectivity index (χ3v) is 0. The average molecular weight is 287 g/mol. The molecule has 0 bridgehead atoms. The Morgan fingerprint density at radius 3 is 0.800 bits per heavy atom. The molecule has 0 aliphatic carbocycles. The van der Waals surface area contributed by atoms with Gasteiger partial charge in [0.25, 0.3) is 0 Å². The fourth-order valence-electron chi connectivity index (χ4n) is 0. The monoisotopic (exact) mass is 286 g/mol. The summed E-state index contributed by atoms with van der Waals surface area (Å²) in [5, 5.41) is 0. The van der Waals surface area contributed by atoms with Gasteiger partial charge in [-0.1, -0.05) is 0 Å². The molecule has 0 fully saturated rings. The summed E-state index contributed by atoms with van der Waals surface area (Å²) >= 11 is 0. The molecule has 6 nitrogen and oxygen atoms in total.